The molecule has 4 aliphatic carbocycles. The van der Waals surface area contributed by atoms with Crippen molar-refractivity contribution in [2.45, 2.75) is 121 Å². The predicted octanol–water partition coefficient (Wildman–Crippen LogP) is 2.88. The fraction of sp³-hybridized carbons (Fsp3) is 0.889. The lowest BCUT2D eigenvalue weighted by Gasteiger charge is -2.60. The maximum atomic E-state index is 13.2. The average molecular weight is 465 g/mol. The van der Waals surface area contributed by atoms with Gasteiger partial charge in [0.1, 0.15) is 0 Å². The number of rotatable bonds is 5. The molecule has 33 heavy (non-hydrogen) atoms. The molecule has 6 heteroatoms. The molecule has 0 bridgehead atoms. The van der Waals surface area contributed by atoms with E-state index in [0.717, 1.165) is 18.4 Å². The van der Waals surface area contributed by atoms with Gasteiger partial charge < -0.3 is 25.5 Å². The van der Waals surface area contributed by atoms with Gasteiger partial charge in [0.15, 0.2) is 5.78 Å². The minimum absolute atomic E-state index is 0.0144. The normalized spacial score (nSPS) is 46.0. The van der Waals surface area contributed by atoms with Crippen LogP contribution in [0.2, 0.25) is 0 Å². The van der Waals surface area contributed by atoms with Gasteiger partial charge in [-0.25, -0.2) is 0 Å². The molecule has 0 aromatic carbocycles. The Kier molecular flexibility index (Phi) is 6.03. The van der Waals surface area contributed by atoms with Gasteiger partial charge in [-0.1, -0.05) is 13.8 Å². The summed E-state index contributed by atoms with van der Waals surface area (Å²) in [6.45, 7) is 9.22. The van der Waals surface area contributed by atoms with E-state index >= 15 is 0 Å². The molecule has 188 valence electrons. The zero-order chi connectivity index (χ0) is 24.6. The van der Waals surface area contributed by atoms with E-state index in [2.05, 4.69) is 6.92 Å². The summed E-state index contributed by atoms with van der Waals surface area (Å²) in [4.78, 5) is 13.2. The number of allylic oxidation sites excluding steroid dienone is 1. The van der Waals surface area contributed by atoms with E-state index in [9.17, 15) is 30.3 Å². The smallest absolute Gasteiger partial charge is 0.159 e. The molecule has 3 fully saturated rings. The highest BCUT2D eigenvalue weighted by molar-refractivity contribution is 5.95. The highest BCUT2D eigenvalue weighted by atomic mass is 16.3. The molecule has 3 saturated carbocycles. The molecule has 0 aliphatic heterocycles. The van der Waals surface area contributed by atoms with Crippen LogP contribution in [0.25, 0.3) is 0 Å². The fourth-order valence-electron chi connectivity index (χ4n) is 8.27. The fourth-order valence-corrected chi connectivity index (χ4v) is 8.27. The summed E-state index contributed by atoms with van der Waals surface area (Å²) in [6.07, 6.45) is 5.38. The van der Waals surface area contributed by atoms with Gasteiger partial charge >= 0.3 is 0 Å². The monoisotopic (exact) mass is 464 g/mol. The second kappa shape index (κ2) is 7.86. The second-order valence-corrected chi connectivity index (χ2v) is 13.0. The zero-order valence-corrected chi connectivity index (χ0v) is 21.0. The maximum Gasteiger partial charge on any atom is 0.159 e. The number of fused-ring (bicyclic) bond motifs is 5. The summed E-state index contributed by atoms with van der Waals surface area (Å²) >= 11 is 0. The summed E-state index contributed by atoms with van der Waals surface area (Å²) in [5.41, 5.74) is -3.64. The van der Waals surface area contributed by atoms with Gasteiger partial charge in [-0.15, -0.1) is 0 Å². The molecule has 0 aromatic rings. The minimum Gasteiger partial charge on any atom is -0.393 e. The molecule has 0 heterocycles. The first-order chi connectivity index (χ1) is 15.1. The van der Waals surface area contributed by atoms with Crippen LogP contribution in [0.3, 0.4) is 0 Å². The largest absolute Gasteiger partial charge is 0.393 e. The van der Waals surface area contributed by atoms with E-state index in [0.29, 0.717) is 38.5 Å². The van der Waals surface area contributed by atoms with Crippen LogP contribution in [0, 0.1) is 28.6 Å². The number of hydrogen-bond acceptors (Lipinski definition) is 6. The first kappa shape index (κ1) is 25.3. The van der Waals surface area contributed by atoms with Crippen LogP contribution in [-0.2, 0) is 4.79 Å². The molecule has 6 unspecified atom stereocenters. The molecule has 0 saturated heterocycles. The molecule has 0 aromatic heterocycles. The Morgan fingerprint density at radius 3 is 2.36 bits per heavy atom. The van der Waals surface area contributed by atoms with Crippen molar-refractivity contribution in [2.24, 2.45) is 28.6 Å². The summed E-state index contributed by atoms with van der Waals surface area (Å²) in [5.74, 6) is -0.426. The van der Waals surface area contributed by atoms with Gasteiger partial charge in [0.2, 0.25) is 0 Å². The SMILES string of the molecule is CC(C)(O)CC[C@@H](O)[C@](C)(O)C1CC[C@]2(O)C3=CC(=O)C4CC(O)CCC4(C)C3CCC12C. The third-order valence-corrected chi connectivity index (χ3v) is 10.5. The summed E-state index contributed by atoms with van der Waals surface area (Å²) in [7, 11) is 0. The highest BCUT2D eigenvalue weighted by Gasteiger charge is 2.68. The van der Waals surface area contributed by atoms with E-state index in [-0.39, 0.29) is 35.4 Å². The summed E-state index contributed by atoms with van der Waals surface area (Å²) in [5, 5.41) is 55.0. The van der Waals surface area contributed by atoms with Gasteiger partial charge in [0.25, 0.3) is 0 Å². The molecule has 0 radical (unpaired) electrons. The van der Waals surface area contributed by atoms with Crippen molar-refractivity contribution >= 4 is 5.78 Å². The lowest BCUT2D eigenvalue weighted by Crippen LogP contribution is -2.62. The van der Waals surface area contributed by atoms with E-state index < -0.39 is 34.4 Å². The Labute approximate surface area is 198 Å². The Bertz CT molecular complexity index is 827. The lowest BCUT2D eigenvalue weighted by molar-refractivity contribution is -0.172. The second-order valence-electron chi connectivity index (χ2n) is 13.0. The number of hydrogen-bond donors (Lipinski definition) is 5. The Morgan fingerprint density at radius 2 is 1.73 bits per heavy atom. The van der Waals surface area contributed by atoms with Gasteiger partial charge in [0, 0.05) is 11.3 Å². The third kappa shape index (κ3) is 3.76. The van der Waals surface area contributed by atoms with Crippen molar-refractivity contribution in [2.75, 3.05) is 0 Å². The molecule has 4 rings (SSSR count). The van der Waals surface area contributed by atoms with Gasteiger partial charge in [-0.2, -0.15) is 0 Å². The Hall–Kier alpha value is -0.790. The molecule has 4 aliphatic rings. The van der Waals surface area contributed by atoms with Crippen LogP contribution in [-0.4, -0.2) is 60.3 Å². The van der Waals surface area contributed by atoms with Gasteiger partial charge in [-0.3, -0.25) is 4.79 Å². The standard InChI is InChI=1S/C27H44O6/c1-23(2,31)10-9-22(30)26(5,32)21-8-13-27(33)18-15-20(29)19-14-16(28)6-11-24(19,3)17(18)7-12-25(21,27)4/h15-17,19,21-22,28,30-33H,6-14H2,1-5H3/t16?,17?,19?,21?,22-,24?,25?,26-,27+/m1/s1. The quantitative estimate of drug-likeness (QED) is 0.427. The van der Waals surface area contributed by atoms with Crippen molar-refractivity contribution in [3.05, 3.63) is 11.6 Å². The van der Waals surface area contributed by atoms with Crippen LogP contribution < -0.4 is 0 Å². The number of aliphatic hydroxyl groups is 5. The molecule has 5 N–H and O–H groups in total. The van der Waals surface area contributed by atoms with Crippen molar-refractivity contribution < 1.29 is 30.3 Å². The number of ketones is 1. The van der Waals surface area contributed by atoms with Gasteiger partial charge in [0.05, 0.1) is 29.0 Å². The molecule has 9 atom stereocenters. The Morgan fingerprint density at radius 1 is 1.06 bits per heavy atom. The predicted molar refractivity (Wildman–Crippen MR) is 125 cm³/mol. The van der Waals surface area contributed by atoms with E-state index in [1.54, 1.807) is 26.8 Å². The topological polar surface area (TPSA) is 118 Å². The van der Waals surface area contributed by atoms with Gasteiger partial charge in [-0.05, 0) is 107 Å². The van der Waals surface area contributed by atoms with Crippen molar-refractivity contribution in [1.29, 1.82) is 0 Å². The number of carbonyl (C=O) groups is 1. The average Bonchev–Trinajstić information content (AvgIpc) is 2.99. The Balaban J connectivity index is 1.65. The van der Waals surface area contributed by atoms with E-state index in [4.69, 9.17) is 0 Å². The molecular weight excluding hydrogens is 420 g/mol. The van der Waals surface area contributed by atoms with Crippen LogP contribution in [0.5, 0.6) is 0 Å². The summed E-state index contributed by atoms with van der Waals surface area (Å²) in [6, 6.07) is 0. The maximum absolute atomic E-state index is 13.2. The van der Waals surface area contributed by atoms with Crippen molar-refractivity contribution in [3.8, 4) is 0 Å². The van der Waals surface area contributed by atoms with Crippen LogP contribution in [0.15, 0.2) is 11.6 Å². The third-order valence-electron chi connectivity index (χ3n) is 10.5. The van der Waals surface area contributed by atoms with Crippen LogP contribution in [0.1, 0.15) is 92.4 Å². The number of carbonyl (C=O) groups excluding carboxylic acids is 1. The summed E-state index contributed by atoms with van der Waals surface area (Å²) < 4.78 is 0. The van der Waals surface area contributed by atoms with E-state index in [1.807, 2.05) is 6.92 Å². The molecule has 0 spiro atoms. The first-order valence-electron chi connectivity index (χ1n) is 12.9. The molecular formula is C27H44O6. The van der Waals surface area contributed by atoms with Crippen LogP contribution >= 0.6 is 0 Å². The molecule has 6 nitrogen and oxygen atoms in total. The highest BCUT2D eigenvalue weighted by Crippen LogP contribution is 2.68. The minimum atomic E-state index is -1.42. The van der Waals surface area contributed by atoms with E-state index in [1.165, 1.54) is 0 Å². The first-order valence-corrected chi connectivity index (χ1v) is 12.9. The van der Waals surface area contributed by atoms with Crippen LogP contribution in [0.4, 0.5) is 0 Å². The lowest BCUT2D eigenvalue weighted by atomic mass is 9.46. The zero-order valence-electron chi connectivity index (χ0n) is 21.0. The van der Waals surface area contributed by atoms with Crippen molar-refractivity contribution in [3.63, 3.8) is 0 Å². The number of aliphatic hydroxyl groups excluding tert-OH is 2. The molecule has 0 amide bonds. The van der Waals surface area contributed by atoms with Crippen molar-refractivity contribution in [1.82, 2.24) is 0 Å².